The molecule has 1 aliphatic carbocycles. The van der Waals surface area contributed by atoms with Gasteiger partial charge in [0.05, 0.1) is 19.3 Å². The van der Waals surface area contributed by atoms with E-state index in [9.17, 15) is 5.26 Å². The monoisotopic (exact) mass is 278 g/mol. The van der Waals surface area contributed by atoms with Crippen molar-refractivity contribution in [3.05, 3.63) is 0 Å². The number of hydrogen-bond acceptors (Lipinski definition) is 3. The summed E-state index contributed by atoms with van der Waals surface area (Å²) >= 11 is 0. The Hall–Kier alpha value is -0.590. The van der Waals surface area contributed by atoms with E-state index in [4.69, 9.17) is 4.74 Å². The van der Waals surface area contributed by atoms with Crippen LogP contribution in [0.25, 0.3) is 0 Å². The lowest BCUT2D eigenvalue weighted by Gasteiger charge is -2.41. The lowest BCUT2D eigenvalue weighted by molar-refractivity contribution is -0.0104. The Morgan fingerprint density at radius 1 is 0.750 bits per heavy atom. The summed E-state index contributed by atoms with van der Waals surface area (Å²) in [6, 6.07) is 2.71. The molecule has 3 heteroatoms. The summed E-state index contributed by atoms with van der Waals surface area (Å²) in [5, 5.41) is 9.87. The fraction of sp³-hybridized carbons (Fsp3) is 0.941. The van der Waals surface area contributed by atoms with Gasteiger partial charge in [-0.05, 0) is 12.8 Å². The molecule has 0 spiro atoms. The van der Waals surface area contributed by atoms with E-state index in [-0.39, 0.29) is 5.54 Å². The average Bonchev–Trinajstić information content (AvgIpc) is 2.49. The maximum atomic E-state index is 9.87. The number of rotatable bonds is 1. The SMILES string of the molecule is N#CC1(N2CCOCC2)CCCCCCCCCCC1. The Labute approximate surface area is 124 Å². The van der Waals surface area contributed by atoms with Gasteiger partial charge < -0.3 is 4.74 Å². The molecular formula is C17H30N2O. The van der Waals surface area contributed by atoms with E-state index in [1.165, 1.54) is 57.8 Å². The van der Waals surface area contributed by atoms with Crippen LogP contribution in [0.1, 0.15) is 70.6 Å². The van der Waals surface area contributed by atoms with Crippen LogP contribution in [0.5, 0.6) is 0 Å². The Kier molecular flexibility index (Phi) is 6.82. The van der Waals surface area contributed by atoms with Crippen molar-refractivity contribution in [1.29, 1.82) is 5.26 Å². The van der Waals surface area contributed by atoms with E-state index in [0.717, 1.165) is 39.1 Å². The van der Waals surface area contributed by atoms with E-state index >= 15 is 0 Å². The van der Waals surface area contributed by atoms with Crippen molar-refractivity contribution in [2.75, 3.05) is 26.3 Å². The van der Waals surface area contributed by atoms with Gasteiger partial charge in [-0.1, -0.05) is 57.8 Å². The molecule has 0 aromatic heterocycles. The minimum atomic E-state index is -0.205. The molecule has 2 fully saturated rings. The summed E-state index contributed by atoms with van der Waals surface area (Å²) in [4.78, 5) is 2.42. The molecule has 1 aliphatic heterocycles. The van der Waals surface area contributed by atoms with E-state index < -0.39 is 0 Å². The molecule has 0 unspecified atom stereocenters. The van der Waals surface area contributed by atoms with Gasteiger partial charge in [-0.15, -0.1) is 0 Å². The molecule has 1 saturated heterocycles. The van der Waals surface area contributed by atoms with Crippen molar-refractivity contribution in [3.63, 3.8) is 0 Å². The number of nitriles is 1. The molecule has 0 atom stereocenters. The maximum absolute atomic E-state index is 9.87. The van der Waals surface area contributed by atoms with E-state index in [2.05, 4.69) is 11.0 Å². The average molecular weight is 278 g/mol. The molecule has 0 amide bonds. The van der Waals surface area contributed by atoms with Crippen molar-refractivity contribution in [3.8, 4) is 6.07 Å². The van der Waals surface area contributed by atoms with Crippen molar-refractivity contribution in [2.24, 2.45) is 0 Å². The molecular weight excluding hydrogens is 248 g/mol. The zero-order valence-corrected chi connectivity index (χ0v) is 12.9. The Morgan fingerprint density at radius 3 is 1.65 bits per heavy atom. The van der Waals surface area contributed by atoms with Crippen LogP contribution in [-0.4, -0.2) is 36.7 Å². The summed E-state index contributed by atoms with van der Waals surface area (Å²) in [7, 11) is 0. The van der Waals surface area contributed by atoms with Gasteiger partial charge in [0.1, 0.15) is 5.54 Å². The first-order valence-electron chi connectivity index (χ1n) is 8.61. The second kappa shape index (κ2) is 8.64. The standard InChI is InChI=1S/C17H30N2O/c18-16-17(19-12-14-20-15-13-19)10-8-6-4-2-1-3-5-7-9-11-17/h1-15H2. The summed E-state index contributed by atoms with van der Waals surface area (Å²) in [6.07, 6.45) is 14.0. The van der Waals surface area contributed by atoms with Crippen LogP contribution in [0, 0.1) is 11.3 Å². The number of nitrogens with zero attached hydrogens (tertiary/aromatic N) is 2. The van der Waals surface area contributed by atoms with Crippen LogP contribution < -0.4 is 0 Å². The van der Waals surface area contributed by atoms with Crippen LogP contribution in [0.4, 0.5) is 0 Å². The molecule has 1 heterocycles. The lowest BCUT2D eigenvalue weighted by atomic mass is 9.85. The van der Waals surface area contributed by atoms with Gasteiger partial charge in [0.25, 0.3) is 0 Å². The smallest absolute Gasteiger partial charge is 0.109 e. The normalized spacial score (nSPS) is 26.9. The summed E-state index contributed by atoms with van der Waals surface area (Å²) in [6.45, 7) is 3.47. The molecule has 0 bridgehead atoms. The van der Waals surface area contributed by atoms with Crippen molar-refractivity contribution >= 4 is 0 Å². The minimum Gasteiger partial charge on any atom is -0.379 e. The molecule has 20 heavy (non-hydrogen) atoms. The van der Waals surface area contributed by atoms with Crippen LogP contribution >= 0.6 is 0 Å². The predicted octanol–water partition coefficient (Wildman–Crippen LogP) is 3.89. The highest BCUT2D eigenvalue weighted by Gasteiger charge is 2.36. The first-order chi connectivity index (χ1) is 9.87. The Morgan fingerprint density at radius 2 is 1.20 bits per heavy atom. The van der Waals surface area contributed by atoms with Gasteiger partial charge in [0.15, 0.2) is 0 Å². The van der Waals surface area contributed by atoms with Crippen LogP contribution in [0.3, 0.4) is 0 Å². The predicted molar refractivity (Wildman–Crippen MR) is 81.5 cm³/mol. The molecule has 0 N–H and O–H groups in total. The highest BCUT2D eigenvalue weighted by atomic mass is 16.5. The Balaban J connectivity index is 1.98. The van der Waals surface area contributed by atoms with Gasteiger partial charge in [0, 0.05) is 13.1 Å². The molecule has 114 valence electrons. The van der Waals surface area contributed by atoms with E-state index in [1.807, 2.05) is 0 Å². The quantitative estimate of drug-likeness (QED) is 0.730. The third kappa shape index (κ3) is 4.46. The number of morpholine rings is 1. The Bertz CT molecular complexity index is 293. The van der Waals surface area contributed by atoms with E-state index in [0.29, 0.717) is 0 Å². The second-order valence-corrected chi connectivity index (χ2v) is 6.42. The van der Waals surface area contributed by atoms with Crippen LogP contribution in [-0.2, 0) is 4.74 Å². The summed E-state index contributed by atoms with van der Waals surface area (Å²) in [5.74, 6) is 0. The molecule has 3 nitrogen and oxygen atoms in total. The molecule has 2 rings (SSSR count). The van der Waals surface area contributed by atoms with Crippen molar-refractivity contribution < 1.29 is 4.74 Å². The van der Waals surface area contributed by atoms with Crippen LogP contribution in [0.2, 0.25) is 0 Å². The van der Waals surface area contributed by atoms with Crippen molar-refractivity contribution in [1.82, 2.24) is 4.90 Å². The molecule has 1 saturated carbocycles. The first kappa shape index (κ1) is 15.8. The molecule has 0 aromatic carbocycles. The largest absolute Gasteiger partial charge is 0.379 e. The third-order valence-electron chi connectivity index (χ3n) is 5.01. The summed E-state index contributed by atoms with van der Waals surface area (Å²) in [5.41, 5.74) is -0.205. The third-order valence-corrected chi connectivity index (χ3v) is 5.01. The molecule has 2 aliphatic rings. The first-order valence-corrected chi connectivity index (χ1v) is 8.61. The summed E-state index contributed by atoms with van der Waals surface area (Å²) < 4.78 is 5.47. The molecule has 0 aromatic rings. The highest BCUT2D eigenvalue weighted by Crippen LogP contribution is 2.30. The van der Waals surface area contributed by atoms with E-state index in [1.54, 1.807) is 0 Å². The topological polar surface area (TPSA) is 36.3 Å². The fourth-order valence-corrected chi connectivity index (χ4v) is 3.69. The molecule has 0 radical (unpaired) electrons. The van der Waals surface area contributed by atoms with Gasteiger partial charge in [-0.25, -0.2) is 0 Å². The zero-order valence-electron chi connectivity index (χ0n) is 12.9. The van der Waals surface area contributed by atoms with Gasteiger partial charge in [-0.3, -0.25) is 4.90 Å². The number of hydrogen-bond donors (Lipinski definition) is 0. The highest BCUT2D eigenvalue weighted by molar-refractivity contribution is 5.08. The minimum absolute atomic E-state index is 0.205. The van der Waals surface area contributed by atoms with Gasteiger partial charge in [0.2, 0.25) is 0 Å². The lowest BCUT2D eigenvalue weighted by Crippen LogP contribution is -2.52. The van der Waals surface area contributed by atoms with Crippen molar-refractivity contribution in [2.45, 2.75) is 76.2 Å². The van der Waals surface area contributed by atoms with Gasteiger partial charge in [-0.2, -0.15) is 5.26 Å². The fourth-order valence-electron chi connectivity index (χ4n) is 3.69. The second-order valence-electron chi connectivity index (χ2n) is 6.42. The zero-order chi connectivity index (χ0) is 14.1. The maximum Gasteiger partial charge on any atom is 0.109 e. The number of ether oxygens (including phenoxy) is 1. The van der Waals surface area contributed by atoms with Crippen LogP contribution in [0.15, 0.2) is 0 Å². The van der Waals surface area contributed by atoms with Gasteiger partial charge >= 0.3 is 0 Å².